The Morgan fingerprint density at radius 3 is 1.11 bits per heavy atom. The zero-order chi connectivity index (χ0) is 42.0. The van der Waals surface area contributed by atoms with E-state index in [4.69, 9.17) is 0 Å². The van der Waals surface area contributed by atoms with Gasteiger partial charge in [0.2, 0.25) is 0 Å². The first-order valence-corrected chi connectivity index (χ1v) is 21.5. The molecule has 0 saturated heterocycles. The molecule has 0 aliphatic rings. The van der Waals surface area contributed by atoms with Crippen molar-refractivity contribution in [3.63, 3.8) is 0 Å². The lowest BCUT2D eigenvalue weighted by Gasteiger charge is -2.30. The van der Waals surface area contributed by atoms with E-state index < -0.39 is 0 Å². The van der Waals surface area contributed by atoms with Crippen molar-refractivity contribution in [2.45, 2.75) is 0 Å². The number of hydrogen-bond acceptors (Lipinski definition) is 2. The number of nitrogens with zero attached hydrogens (tertiary/aromatic N) is 3. The fraction of sp³-hybridized carbons (Fsp3) is 0. The number of fused-ring (bicyclic) bond motifs is 3. The van der Waals surface area contributed by atoms with Gasteiger partial charge in [-0.05, 0) is 143 Å². The van der Waals surface area contributed by atoms with Crippen LogP contribution < -0.4 is 9.80 Å². The first-order chi connectivity index (χ1) is 31.2. The number of benzene rings is 10. The van der Waals surface area contributed by atoms with Crippen molar-refractivity contribution < 1.29 is 0 Å². The van der Waals surface area contributed by atoms with Crippen molar-refractivity contribution in [3.8, 4) is 39.1 Å². The molecule has 1 aromatic heterocycles. The summed E-state index contributed by atoms with van der Waals surface area (Å²) in [7, 11) is 0. The van der Waals surface area contributed by atoms with Crippen LogP contribution in [-0.4, -0.2) is 4.57 Å². The molecular weight excluding hydrogens is 763 g/mol. The average Bonchev–Trinajstić information content (AvgIpc) is 3.69. The molecule has 0 bridgehead atoms. The molecule has 1 heterocycles. The third-order valence-electron chi connectivity index (χ3n) is 11.9. The van der Waals surface area contributed by atoms with Gasteiger partial charge in [0.1, 0.15) is 0 Å². The Labute approximate surface area is 368 Å². The second kappa shape index (κ2) is 16.6. The summed E-state index contributed by atoms with van der Waals surface area (Å²) < 4.78 is 2.40. The monoisotopic (exact) mass is 805 g/mol. The van der Waals surface area contributed by atoms with Crippen LogP contribution in [0.25, 0.3) is 60.9 Å². The molecule has 11 rings (SSSR count). The van der Waals surface area contributed by atoms with Crippen LogP contribution in [0.4, 0.5) is 34.1 Å². The minimum atomic E-state index is 1.05. The van der Waals surface area contributed by atoms with Crippen LogP contribution in [0.15, 0.2) is 261 Å². The van der Waals surface area contributed by atoms with Gasteiger partial charge < -0.3 is 14.4 Å². The summed E-state index contributed by atoms with van der Waals surface area (Å²) in [5.41, 5.74) is 16.8. The van der Waals surface area contributed by atoms with Crippen molar-refractivity contribution in [2.75, 3.05) is 9.80 Å². The molecule has 0 unspecified atom stereocenters. The lowest BCUT2D eigenvalue weighted by Crippen LogP contribution is -2.13. The van der Waals surface area contributed by atoms with E-state index in [-0.39, 0.29) is 0 Å². The highest BCUT2D eigenvalue weighted by Gasteiger charge is 2.21. The molecule has 0 N–H and O–H groups in total. The largest absolute Gasteiger partial charge is 0.310 e. The maximum absolute atomic E-state index is 2.40. The third-order valence-corrected chi connectivity index (χ3v) is 11.9. The zero-order valence-corrected chi connectivity index (χ0v) is 34.7. The summed E-state index contributed by atoms with van der Waals surface area (Å²) in [6, 6.07) is 93.9. The second-order valence-electron chi connectivity index (χ2n) is 15.8. The summed E-state index contributed by atoms with van der Waals surface area (Å²) in [6.45, 7) is 0. The summed E-state index contributed by atoms with van der Waals surface area (Å²) >= 11 is 0. The fourth-order valence-electron chi connectivity index (χ4n) is 8.99. The summed E-state index contributed by atoms with van der Waals surface area (Å²) in [6.07, 6.45) is 0. The van der Waals surface area contributed by atoms with E-state index in [2.05, 4.69) is 275 Å². The molecule has 3 heteroatoms. The number of anilines is 6. The van der Waals surface area contributed by atoms with E-state index >= 15 is 0 Å². The van der Waals surface area contributed by atoms with E-state index in [0.29, 0.717) is 0 Å². The predicted molar refractivity (Wildman–Crippen MR) is 266 cm³/mol. The van der Waals surface area contributed by atoms with Gasteiger partial charge in [-0.15, -0.1) is 0 Å². The standard InChI is InChI=1S/C60H43N3/c1-7-21-44(22-8-1)46-37-47(45-35-36-58-57-33-19-20-34-59(57)63(60(58)42-45)54-31-17-6-18-32-54)39-48(38-46)49-40-55(61(50-23-9-2-10-24-50)51-25-11-3-12-26-51)43-56(41-49)62(52-27-13-4-14-28-52)53-29-15-5-16-30-53/h1-43H. The summed E-state index contributed by atoms with van der Waals surface area (Å²) in [5, 5.41) is 2.48. The van der Waals surface area contributed by atoms with Crippen LogP contribution in [0.2, 0.25) is 0 Å². The van der Waals surface area contributed by atoms with E-state index in [0.717, 1.165) is 67.6 Å². The van der Waals surface area contributed by atoms with Crippen molar-refractivity contribution >= 4 is 55.9 Å². The predicted octanol–water partition coefficient (Wildman–Crippen LogP) is 16.7. The van der Waals surface area contributed by atoms with Crippen LogP contribution in [0.3, 0.4) is 0 Å². The average molecular weight is 806 g/mol. The van der Waals surface area contributed by atoms with Crippen LogP contribution in [-0.2, 0) is 0 Å². The Morgan fingerprint density at radius 1 is 0.222 bits per heavy atom. The number of rotatable bonds is 10. The van der Waals surface area contributed by atoms with Gasteiger partial charge in [0, 0.05) is 50.6 Å². The molecule has 10 aromatic carbocycles. The van der Waals surface area contributed by atoms with Gasteiger partial charge in [0.25, 0.3) is 0 Å². The van der Waals surface area contributed by atoms with Crippen LogP contribution in [0.1, 0.15) is 0 Å². The topological polar surface area (TPSA) is 11.4 Å². The zero-order valence-electron chi connectivity index (χ0n) is 34.7. The lowest BCUT2D eigenvalue weighted by atomic mass is 9.92. The van der Waals surface area contributed by atoms with Crippen molar-refractivity contribution in [2.24, 2.45) is 0 Å². The Bertz CT molecular complexity index is 3130. The van der Waals surface area contributed by atoms with Gasteiger partial charge in [-0.25, -0.2) is 0 Å². The highest BCUT2D eigenvalue weighted by Crippen LogP contribution is 2.45. The van der Waals surface area contributed by atoms with Gasteiger partial charge in [-0.1, -0.05) is 152 Å². The number of para-hydroxylation sites is 6. The SMILES string of the molecule is c1ccc(-c2cc(-c3cc(N(c4ccccc4)c4ccccc4)cc(N(c4ccccc4)c4ccccc4)c3)cc(-c3ccc4c5ccccc5n(-c5ccccc5)c4c3)c2)cc1. The van der Waals surface area contributed by atoms with Gasteiger partial charge in [-0.3, -0.25) is 0 Å². The van der Waals surface area contributed by atoms with E-state index in [1.54, 1.807) is 0 Å². The molecule has 0 atom stereocenters. The van der Waals surface area contributed by atoms with Crippen molar-refractivity contribution in [1.29, 1.82) is 0 Å². The maximum Gasteiger partial charge on any atom is 0.0547 e. The summed E-state index contributed by atoms with van der Waals surface area (Å²) in [5.74, 6) is 0. The van der Waals surface area contributed by atoms with Gasteiger partial charge >= 0.3 is 0 Å². The Balaban J connectivity index is 1.17. The minimum Gasteiger partial charge on any atom is -0.310 e. The molecule has 0 saturated carbocycles. The lowest BCUT2D eigenvalue weighted by molar-refractivity contribution is 1.18. The van der Waals surface area contributed by atoms with E-state index in [1.807, 2.05) is 0 Å². The molecular formula is C60H43N3. The minimum absolute atomic E-state index is 1.05. The second-order valence-corrected chi connectivity index (χ2v) is 15.8. The van der Waals surface area contributed by atoms with Crippen LogP contribution in [0.5, 0.6) is 0 Å². The molecule has 0 radical (unpaired) electrons. The molecule has 298 valence electrons. The van der Waals surface area contributed by atoms with E-state index in [9.17, 15) is 0 Å². The molecule has 3 nitrogen and oxygen atoms in total. The smallest absolute Gasteiger partial charge is 0.0547 e. The molecule has 0 aliphatic carbocycles. The normalized spacial score (nSPS) is 11.2. The number of aromatic nitrogens is 1. The molecule has 11 aromatic rings. The molecule has 0 amide bonds. The quantitative estimate of drug-likeness (QED) is 0.136. The Kier molecular flexibility index (Phi) is 9.89. The molecule has 0 fully saturated rings. The van der Waals surface area contributed by atoms with Crippen molar-refractivity contribution in [1.82, 2.24) is 4.57 Å². The van der Waals surface area contributed by atoms with Gasteiger partial charge in [0.05, 0.1) is 11.0 Å². The summed E-state index contributed by atoms with van der Waals surface area (Å²) in [4.78, 5) is 4.72. The highest BCUT2D eigenvalue weighted by molar-refractivity contribution is 6.10. The van der Waals surface area contributed by atoms with Crippen LogP contribution >= 0.6 is 0 Å². The van der Waals surface area contributed by atoms with E-state index in [1.165, 1.54) is 27.4 Å². The molecule has 0 spiro atoms. The highest BCUT2D eigenvalue weighted by atomic mass is 15.2. The first-order valence-electron chi connectivity index (χ1n) is 21.5. The Morgan fingerprint density at radius 2 is 0.603 bits per heavy atom. The fourth-order valence-corrected chi connectivity index (χ4v) is 8.99. The maximum atomic E-state index is 2.40. The third kappa shape index (κ3) is 7.32. The Hall–Kier alpha value is -8.40. The number of hydrogen-bond donors (Lipinski definition) is 0. The van der Waals surface area contributed by atoms with Crippen molar-refractivity contribution in [3.05, 3.63) is 261 Å². The molecule has 0 aliphatic heterocycles. The van der Waals surface area contributed by atoms with Gasteiger partial charge in [0.15, 0.2) is 0 Å². The first kappa shape index (κ1) is 37.6. The van der Waals surface area contributed by atoms with Crippen LogP contribution in [0, 0.1) is 0 Å². The van der Waals surface area contributed by atoms with Gasteiger partial charge in [-0.2, -0.15) is 0 Å². The molecule has 63 heavy (non-hydrogen) atoms.